The first-order valence-electron chi connectivity index (χ1n) is 6.44. The van der Waals surface area contributed by atoms with Crippen molar-refractivity contribution < 1.29 is 0 Å². The Hall–Kier alpha value is -0.0600. The van der Waals surface area contributed by atoms with Gasteiger partial charge in [-0.1, -0.05) is 6.92 Å². The standard InChI is InChI=1S/C13H22N2S2/c1-4-5-14-12-8-16-7-11(12)6-13-15-9(2)10(3)17-13/h11-12,14H,4-8H2,1-3H3. The zero-order valence-corrected chi connectivity index (χ0v) is 12.6. The maximum Gasteiger partial charge on any atom is 0.0934 e. The largest absolute Gasteiger partial charge is 0.313 e. The summed E-state index contributed by atoms with van der Waals surface area (Å²) in [6.07, 6.45) is 2.39. The smallest absolute Gasteiger partial charge is 0.0934 e. The molecule has 17 heavy (non-hydrogen) atoms. The molecule has 2 rings (SSSR count). The number of rotatable bonds is 5. The van der Waals surface area contributed by atoms with E-state index in [1.165, 1.54) is 33.5 Å². The second kappa shape index (κ2) is 6.21. The molecule has 4 heteroatoms. The minimum absolute atomic E-state index is 0.699. The van der Waals surface area contributed by atoms with Crippen LogP contribution in [0.3, 0.4) is 0 Å². The van der Waals surface area contributed by atoms with Crippen LogP contribution in [0.15, 0.2) is 0 Å². The molecule has 1 N–H and O–H groups in total. The van der Waals surface area contributed by atoms with Crippen LogP contribution < -0.4 is 5.32 Å². The molecule has 1 aromatic heterocycles. The molecule has 1 fully saturated rings. The molecule has 0 spiro atoms. The predicted octanol–water partition coefficient (Wildman–Crippen LogP) is 3.03. The van der Waals surface area contributed by atoms with E-state index in [-0.39, 0.29) is 0 Å². The minimum Gasteiger partial charge on any atom is -0.313 e. The van der Waals surface area contributed by atoms with Gasteiger partial charge in [-0.25, -0.2) is 4.98 Å². The van der Waals surface area contributed by atoms with E-state index in [9.17, 15) is 0 Å². The topological polar surface area (TPSA) is 24.9 Å². The van der Waals surface area contributed by atoms with Gasteiger partial charge in [-0.3, -0.25) is 0 Å². The maximum absolute atomic E-state index is 4.67. The lowest BCUT2D eigenvalue weighted by Crippen LogP contribution is -2.36. The van der Waals surface area contributed by atoms with Crippen molar-refractivity contribution in [1.82, 2.24) is 10.3 Å². The van der Waals surface area contributed by atoms with Gasteiger partial charge >= 0.3 is 0 Å². The molecule has 1 aliphatic heterocycles. The lowest BCUT2D eigenvalue weighted by molar-refractivity contribution is 0.424. The maximum atomic E-state index is 4.67. The highest BCUT2D eigenvalue weighted by Crippen LogP contribution is 2.29. The highest BCUT2D eigenvalue weighted by atomic mass is 32.2. The summed E-state index contributed by atoms with van der Waals surface area (Å²) in [5, 5.41) is 5.01. The third kappa shape index (κ3) is 3.46. The minimum atomic E-state index is 0.699. The summed E-state index contributed by atoms with van der Waals surface area (Å²) in [4.78, 5) is 6.05. The lowest BCUT2D eigenvalue weighted by Gasteiger charge is -2.18. The fraction of sp³-hybridized carbons (Fsp3) is 0.769. The predicted molar refractivity (Wildman–Crippen MR) is 78.2 cm³/mol. The second-order valence-electron chi connectivity index (χ2n) is 4.81. The Morgan fingerprint density at radius 2 is 2.18 bits per heavy atom. The van der Waals surface area contributed by atoms with Crippen LogP contribution in [-0.4, -0.2) is 29.1 Å². The summed E-state index contributed by atoms with van der Waals surface area (Å²) in [5.74, 6) is 3.34. The van der Waals surface area contributed by atoms with Crippen molar-refractivity contribution in [2.24, 2.45) is 5.92 Å². The van der Waals surface area contributed by atoms with E-state index in [1.807, 2.05) is 11.3 Å². The van der Waals surface area contributed by atoms with Gasteiger partial charge < -0.3 is 5.32 Å². The van der Waals surface area contributed by atoms with Crippen LogP contribution in [0.1, 0.15) is 28.9 Å². The molecular formula is C13H22N2S2. The number of hydrogen-bond acceptors (Lipinski definition) is 4. The van der Waals surface area contributed by atoms with Crippen molar-refractivity contribution >= 4 is 23.1 Å². The Labute approximate surface area is 113 Å². The van der Waals surface area contributed by atoms with Crippen LogP contribution in [0.2, 0.25) is 0 Å². The second-order valence-corrected chi connectivity index (χ2v) is 7.17. The molecule has 0 aliphatic carbocycles. The Kier molecular flexibility index (Phi) is 4.88. The number of thiazole rings is 1. The summed E-state index contributed by atoms with van der Waals surface area (Å²) < 4.78 is 0. The molecule has 0 radical (unpaired) electrons. The molecule has 1 aliphatic rings. The van der Waals surface area contributed by atoms with Crippen molar-refractivity contribution in [3.05, 3.63) is 15.6 Å². The quantitative estimate of drug-likeness (QED) is 0.890. The average molecular weight is 270 g/mol. The number of hydrogen-bond donors (Lipinski definition) is 1. The summed E-state index contributed by atoms with van der Waals surface area (Å²) in [7, 11) is 0. The summed E-state index contributed by atoms with van der Waals surface area (Å²) >= 11 is 3.96. The first-order chi connectivity index (χ1) is 8.20. The number of nitrogens with zero attached hydrogens (tertiary/aromatic N) is 1. The molecule has 2 atom stereocenters. The van der Waals surface area contributed by atoms with Gasteiger partial charge in [-0.05, 0) is 38.5 Å². The van der Waals surface area contributed by atoms with Crippen LogP contribution in [0.4, 0.5) is 0 Å². The van der Waals surface area contributed by atoms with Gasteiger partial charge in [0.15, 0.2) is 0 Å². The molecule has 0 saturated carbocycles. The fourth-order valence-corrected chi connectivity index (χ4v) is 4.67. The summed E-state index contributed by atoms with van der Waals surface area (Å²) in [5.41, 5.74) is 1.22. The zero-order valence-electron chi connectivity index (χ0n) is 11.0. The van der Waals surface area contributed by atoms with Crippen LogP contribution in [0, 0.1) is 19.8 Å². The van der Waals surface area contributed by atoms with Crippen molar-refractivity contribution in [2.45, 2.75) is 39.7 Å². The average Bonchev–Trinajstić information content (AvgIpc) is 2.85. The number of aryl methyl sites for hydroxylation is 2. The van der Waals surface area contributed by atoms with E-state index >= 15 is 0 Å². The Balaban J connectivity index is 1.93. The van der Waals surface area contributed by atoms with Gasteiger partial charge in [0.1, 0.15) is 0 Å². The fourth-order valence-electron chi connectivity index (χ4n) is 2.21. The molecule has 1 saturated heterocycles. The molecule has 0 aromatic carbocycles. The Morgan fingerprint density at radius 1 is 1.35 bits per heavy atom. The van der Waals surface area contributed by atoms with E-state index in [4.69, 9.17) is 0 Å². The molecular weight excluding hydrogens is 248 g/mol. The Morgan fingerprint density at radius 3 is 2.82 bits per heavy atom. The summed E-state index contributed by atoms with van der Waals surface area (Å²) in [6.45, 7) is 7.67. The molecule has 2 unspecified atom stereocenters. The molecule has 96 valence electrons. The van der Waals surface area contributed by atoms with Crippen LogP contribution >= 0.6 is 23.1 Å². The molecule has 0 amide bonds. The van der Waals surface area contributed by atoms with E-state index < -0.39 is 0 Å². The number of thioether (sulfide) groups is 1. The van der Waals surface area contributed by atoms with E-state index in [1.54, 1.807) is 0 Å². The highest BCUT2D eigenvalue weighted by Gasteiger charge is 2.28. The van der Waals surface area contributed by atoms with Gasteiger partial charge in [0.2, 0.25) is 0 Å². The van der Waals surface area contributed by atoms with Crippen molar-refractivity contribution in [1.29, 1.82) is 0 Å². The zero-order chi connectivity index (χ0) is 12.3. The van der Waals surface area contributed by atoms with Crippen LogP contribution in [0.5, 0.6) is 0 Å². The van der Waals surface area contributed by atoms with Crippen molar-refractivity contribution in [3.63, 3.8) is 0 Å². The van der Waals surface area contributed by atoms with Crippen LogP contribution in [0.25, 0.3) is 0 Å². The molecule has 0 bridgehead atoms. The normalized spacial score (nSPS) is 24.4. The van der Waals surface area contributed by atoms with Crippen molar-refractivity contribution in [2.75, 3.05) is 18.1 Å². The third-order valence-corrected chi connectivity index (χ3v) is 5.72. The number of nitrogens with one attached hydrogen (secondary N) is 1. The first-order valence-corrected chi connectivity index (χ1v) is 8.41. The van der Waals surface area contributed by atoms with Gasteiger partial charge in [-0.2, -0.15) is 11.8 Å². The first kappa shape index (κ1) is 13.4. The Bertz CT molecular complexity index is 343. The van der Waals surface area contributed by atoms with Gasteiger partial charge in [0, 0.05) is 23.1 Å². The van der Waals surface area contributed by atoms with Gasteiger partial charge in [0.25, 0.3) is 0 Å². The van der Waals surface area contributed by atoms with Crippen LogP contribution in [-0.2, 0) is 6.42 Å². The molecule has 1 aromatic rings. The third-order valence-electron chi connectivity index (χ3n) is 3.36. The van der Waals surface area contributed by atoms with Gasteiger partial charge in [-0.15, -0.1) is 11.3 Å². The molecule has 2 heterocycles. The summed E-state index contributed by atoms with van der Waals surface area (Å²) in [6, 6.07) is 0.699. The monoisotopic (exact) mass is 270 g/mol. The van der Waals surface area contributed by atoms with E-state index in [0.717, 1.165) is 18.9 Å². The van der Waals surface area contributed by atoms with Gasteiger partial charge in [0.05, 0.1) is 10.7 Å². The SMILES string of the molecule is CCCNC1CSCC1Cc1nc(C)c(C)s1. The van der Waals surface area contributed by atoms with Crippen molar-refractivity contribution in [3.8, 4) is 0 Å². The highest BCUT2D eigenvalue weighted by molar-refractivity contribution is 7.99. The number of aromatic nitrogens is 1. The molecule has 2 nitrogen and oxygen atoms in total. The van der Waals surface area contributed by atoms with E-state index in [2.05, 4.69) is 42.8 Å². The van der Waals surface area contributed by atoms with E-state index in [0.29, 0.717) is 6.04 Å². The lowest BCUT2D eigenvalue weighted by atomic mass is 10.00.